The monoisotopic (exact) mass is 568 g/mol. The van der Waals surface area contributed by atoms with Crippen molar-refractivity contribution in [1.82, 2.24) is 0 Å². The van der Waals surface area contributed by atoms with Gasteiger partial charge in [-0.05, 0) is 84.9 Å². The van der Waals surface area contributed by atoms with E-state index in [0.717, 1.165) is 43.8 Å². The topological polar surface area (TPSA) is 13.1 Å². The zero-order valence-corrected chi connectivity index (χ0v) is 23.5. The summed E-state index contributed by atoms with van der Waals surface area (Å²) < 4.78 is 78.8. The molecule has 9 aromatic rings. The Labute approximate surface area is 266 Å². The largest absolute Gasteiger partial charge is 0.455 e. The zero-order valence-electron chi connectivity index (χ0n) is 31.5. The summed E-state index contributed by atoms with van der Waals surface area (Å²) in [6.45, 7) is 0. The fourth-order valence-electron chi connectivity index (χ4n) is 6.62. The van der Waals surface area contributed by atoms with Gasteiger partial charge in [-0.1, -0.05) is 139 Å². The quantitative estimate of drug-likeness (QED) is 0.192. The fourth-order valence-corrected chi connectivity index (χ4v) is 6.62. The molecule has 206 valence electrons. The van der Waals surface area contributed by atoms with E-state index in [1.54, 1.807) is 0 Å². The van der Waals surface area contributed by atoms with Crippen LogP contribution in [0.4, 0.5) is 0 Å². The minimum atomic E-state index is -0.418. The van der Waals surface area contributed by atoms with Crippen LogP contribution in [0.2, 0.25) is 0 Å². The third-order valence-electron chi connectivity index (χ3n) is 8.58. The van der Waals surface area contributed by atoms with E-state index in [4.69, 9.17) is 9.90 Å². The highest BCUT2D eigenvalue weighted by atomic mass is 16.3. The van der Waals surface area contributed by atoms with Gasteiger partial charge >= 0.3 is 0 Å². The van der Waals surface area contributed by atoms with Crippen LogP contribution in [-0.2, 0) is 6.42 Å². The highest BCUT2D eigenvalue weighted by molar-refractivity contribution is 6.18. The molecule has 0 unspecified atom stereocenters. The summed E-state index contributed by atoms with van der Waals surface area (Å²) in [5.41, 5.74) is 5.28. The van der Waals surface area contributed by atoms with Gasteiger partial charge in [0.1, 0.15) is 11.2 Å². The van der Waals surface area contributed by atoms with E-state index in [2.05, 4.69) is 0 Å². The molecule has 0 aliphatic rings. The van der Waals surface area contributed by atoms with Gasteiger partial charge < -0.3 is 4.42 Å². The second kappa shape index (κ2) is 9.97. The van der Waals surface area contributed by atoms with Gasteiger partial charge in [0.05, 0.1) is 11.0 Å². The minimum absolute atomic E-state index is 0.111. The Hall–Kier alpha value is -5.66. The van der Waals surface area contributed by atoms with Crippen molar-refractivity contribution in [2.75, 3.05) is 0 Å². The molecule has 0 aliphatic heterocycles. The first-order valence-electron chi connectivity index (χ1n) is 18.6. The van der Waals surface area contributed by atoms with Crippen molar-refractivity contribution in [3.05, 3.63) is 169 Å². The van der Waals surface area contributed by atoms with E-state index in [1.807, 2.05) is 109 Å². The molecule has 0 spiro atoms. The van der Waals surface area contributed by atoms with Crippen molar-refractivity contribution in [2.45, 2.75) is 6.42 Å². The summed E-state index contributed by atoms with van der Waals surface area (Å²) >= 11 is 0. The second-order valence-corrected chi connectivity index (χ2v) is 11.0. The van der Waals surface area contributed by atoms with E-state index in [1.165, 1.54) is 0 Å². The third kappa shape index (κ3) is 3.87. The van der Waals surface area contributed by atoms with Crippen LogP contribution in [0.1, 0.15) is 22.1 Å². The lowest BCUT2D eigenvalue weighted by atomic mass is 9.85. The van der Waals surface area contributed by atoms with Crippen LogP contribution in [-0.4, -0.2) is 0 Å². The van der Waals surface area contributed by atoms with Crippen LogP contribution < -0.4 is 0 Å². The molecule has 0 saturated carbocycles. The van der Waals surface area contributed by atoms with Gasteiger partial charge in [-0.15, -0.1) is 0 Å². The number of hydrogen-bond acceptors (Lipinski definition) is 1. The normalized spacial score (nSPS) is 14.3. The number of hydrogen-bond donors (Lipinski definition) is 0. The Kier molecular flexibility index (Phi) is 4.10. The van der Waals surface area contributed by atoms with Crippen LogP contribution >= 0.6 is 0 Å². The maximum absolute atomic E-state index is 9.32. The van der Waals surface area contributed by atoms with Crippen LogP contribution in [0.5, 0.6) is 0 Å². The molecule has 0 radical (unpaired) electrons. The Balaban J connectivity index is 1.44. The van der Waals surface area contributed by atoms with Gasteiger partial charge in [0.2, 0.25) is 0 Å². The smallest absolute Gasteiger partial charge is 0.143 e. The van der Waals surface area contributed by atoms with Crippen LogP contribution in [0.3, 0.4) is 0 Å². The van der Waals surface area contributed by atoms with E-state index in [0.29, 0.717) is 22.3 Å². The standard InChI is InChI=1S/C43H28O/c1-2-12-28(13-3-1)30-15-10-16-31(26-30)41-36-21-8-6-19-34(36)39(35-20-7-9-22-37(35)41)27-32-17-11-23-40-42(32)38-25-24-29-14-4-5-18-33(29)43(38)44-40/h1-26H,27H2/i6D,7D,8D,9D,19D,20D,21D,22D. The first kappa shape index (κ1) is 18.1. The molecule has 0 saturated heterocycles. The predicted octanol–water partition coefficient (Wildman–Crippen LogP) is 12.0. The second-order valence-electron chi connectivity index (χ2n) is 11.0. The highest BCUT2D eigenvalue weighted by Gasteiger charge is 2.19. The van der Waals surface area contributed by atoms with Gasteiger partial charge in [0.25, 0.3) is 0 Å². The number of benzene rings is 8. The molecule has 0 atom stereocenters. The Bertz CT molecular complexity index is 2890. The summed E-state index contributed by atoms with van der Waals surface area (Å²) in [4.78, 5) is 0. The SMILES string of the molecule is [2H]c1c([2H])c([2H])c2c(-c3cccc(-c4ccccc4)c3)c3c([2H])c([2H])c([2H])c([2H])c3c(Cc3cccc4oc5c6ccccc6ccc5c34)c2c1[2H]. The number of rotatable bonds is 4. The molecule has 1 heterocycles. The average Bonchev–Trinajstić information content (AvgIpc) is 3.57. The highest BCUT2D eigenvalue weighted by Crippen LogP contribution is 2.42. The van der Waals surface area contributed by atoms with Crippen molar-refractivity contribution in [1.29, 1.82) is 0 Å². The summed E-state index contributed by atoms with van der Waals surface area (Å²) in [6.07, 6.45) is 0.111. The molecule has 9 rings (SSSR count). The van der Waals surface area contributed by atoms with E-state index < -0.39 is 24.2 Å². The van der Waals surface area contributed by atoms with E-state index in [9.17, 15) is 5.48 Å². The number of fused-ring (bicyclic) bond motifs is 7. The average molecular weight is 569 g/mol. The molecular weight excluding hydrogens is 532 g/mol. The van der Waals surface area contributed by atoms with Crippen molar-refractivity contribution < 1.29 is 15.4 Å². The first-order chi connectivity index (χ1) is 25.2. The molecule has 1 aromatic heterocycles. The molecule has 0 N–H and O–H groups in total. The van der Waals surface area contributed by atoms with Gasteiger partial charge in [0, 0.05) is 16.2 Å². The van der Waals surface area contributed by atoms with Crippen molar-refractivity contribution in [3.8, 4) is 22.3 Å². The van der Waals surface area contributed by atoms with Gasteiger partial charge in [0.15, 0.2) is 0 Å². The van der Waals surface area contributed by atoms with Crippen molar-refractivity contribution in [3.63, 3.8) is 0 Å². The molecule has 1 heteroatoms. The molecule has 0 bridgehead atoms. The number of furan rings is 1. The lowest BCUT2D eigenvalue weighted by molar-refractivity contribution is 0.672. The Morgan fingerprint density at radius 2 is 1.16 bits per heavy atom. The Morgan fingerprint density at radius 1 is 0.500 bits per heavy atom. The first-order valence-corrected chi connectivity index (χ1v) is 14.6. The minimum Gasteiger partial charge on any atom is -0.455 e. The summed E-state index contributed by atoms with van der Waals surface area (Å²) in [5, 5.41) is 4.58. The van der Waals surface area contributed by atoms with Gasteiger partial charge in [-0.3, -0.25) is 0 Å². The van der Waals surface area contributed by atoms with Gasteiger partial charge in [-0.25, -0.2) is 0 Å². The maximum Gasteiger partial charge on any atom is 0.143 e. The van der Waals surface area contributed by atoms with E-state index >= 15 is 0 Å². The summed E-state index contributed by atoms with van der Waals surface area (Å²) in [5.74, 6) is 0. The molecule has 0 fully saturated rings. The summed E-state index contributed by atoms with van der Waals surface area (Å²) in [7, 11) is 0. The van der Waals surface area contributed by atoms with Crippen molar-refractivity contribution in [2.24, 2.45) is 0 Å². The molecule has 0 aliphatic carbocycles. The fraction of sp³-hybridized carbons (Fsp3) is 0.0233. The maximum atomic E-state index is 9.32. The van der Waals surface area contributed by atoms with E-state index in [-0.39, 0.29) is 52.1 Å². The molecule has 1 nitrogen and oxygen atoms in total. The van der Waals surface area contributed by atoms with Crippen LogP contribution in [0, 0.1) is 0 Å². The third-order valence-corrected chi connectivity index (χ3v) is 8.58. The molecule has 44 heavy (non-hydrogen) atoms. The molecular formula is C43H28O. The molecule has 0 amide bonds. The Morgan fingerprint density at radius 3 is 1.95 bits per heavy atom. The van der Waals surface area contributed by atoms with Crippen molar-refractivity contribution >= 4 is 54.3 Å². The lowest BCUT2D eigenvalue weighted by Gasteiger charge is -2.18. The molecule has 8 aromatic carbocycles. The lowest BCUT2D eigenvalue weighted by Crippen LogP contribution is -1.96. The van der Waals surface area contributed by atoms with Crippen LogP contribution in [0.15, 0.2) is 162 Å². The van der Waals surface area contributed by atoms with Crippen LogP contribution in [0.25, 0.3) is 76.5 Å². The zero-order chi connectivity index (χ0) is 36.0. The predicted molar refractivity (Wildman–Crippen MR) is 186 cm³/mol. The van der Waals surface area contributed by atoms with Gasteiger partial charge in [-0.2, -0.15) is 0 Å². The summed E-state index contributed by atoms with van der Waals surface area (Å²) in [6, 6.07) is 32.3.